The molecule has 1 heterocycles. The monoisotopic (exact) mass is 281 g/mol. The van der Waals surface area contributed by atoms with Gasteiger partial charge in [0.2, 0.25) is 6.29 Å². The Hall–Kier alpha value is -1.83. The number of rotatable bonds is 4. The average Bonchev–Trinajstić information content (AvgIpc) is 2.47. The quantitative estimate of drug-likeness (QED) is 0.412. The lowest BCUT2D eigenvalue weighted by Gasteiger charge is -2.40. The number of aliphatic hydroxyl groups is 3. The molecular weight excluding hydrogens is 266 g/mol. The molecule has 0 radical (unpaired) electrons. The van der Waals surface area contributed by atoms with E-state index in [2.05, 4.69) is 10.0 Å². The number of azide groups is 1. The predicted molar refractivity (Wildman–Crippen MR) is 67.8 cm³/mol. The third-order valence-corrected chi connectivity index (χ3v) is 3.03. The molecule has 108 valence electrons. The van der Waals surface area contributed by atoms with E-state index in [0.717, 1.165) is 0 Å². The highest BCUT2D eigenvalue weighted by Crippen LogP contribution is 2.26. The van der Waals surface area contributed by atoms with Gasteiger partial charge in [-0.2, -0.15) is 0 Å². The lowest BCUT2D eigenvalue weighted by Crippen LogP contribution is -2.59. The number of hydrogen-bond acceptors (Lipinski definition) is 6. The van der Waals surface area contributed by atoms with Crippen molar-refractivity contribution in [1.29, 1.82) is 0 Å². The second kappa shape index (κ2) is 6.56. The molecule has 0 amide bonds. The van der Waals surface area contributed by atoms with Crippen molar-refractivity contribution in [3.8, 4) is 5.75 Å². The summed E-state index contributed by atoms with van der Waals surface area (Å²) in [6, 6.07) is 7.52. The van der Waals surface area contributed by atoms with Crippen LogP contribution in [0.4, 0.5) is 0 Å². The third kappa shape index (κ3) is 3.01. The van der Waals surface area contributed by atoms with Crippen LogP contribution in [0.1, 0.15) is 0 Å². The fourth-order valence-corrected chi connectivity index (χ4v) is 1.98. The molecule has 1 aliphatic heterocycles. The van der Waals surface area contributed by atoms with Crippen LogP contribution in [-0.2, 0) is 4.74 Å². The molecule has 1 aromatic rings. The molecule has 0 unspecified atom stereocenters. The van der Waals surface area contributed by atoms with Gasteiger partial charge in [0, 0.05) is 4.91 Å². The summed E-state index contributed by atoms with van der Waals surface area (Å²) >= 11 is 0. The van der Waals surface area contributed by atoms with E-state index in [0.29, 0.717) is 5.75 Å². The SMILES string of the molecule is [N-]=[N+]=N[C@H]1[C@@H](Oc2ccccc2)O[C@H](CO)[C@H](O)[C@@H]1O. The van der Waals surface area contributed by atoms with E-state index < -0.39 is 37.3 Å². The highest BCUT2D eigenvalue weighted by atomic mass is 16.7. The molecule has 0 aromatic heterocycles. The van der Waals surface area contributed by atoms with Gasteiger partial charge >= 0.3 is 0 Å². The van der Waals surface area contributed by atoms with Gasteiger partial charge in [0.25, 0.3) is 0 Å². The van der Waals surface area contributed by atoms with Crippen LogP contribution in [0.25, 0.3) is 10.4 Å². The molecule has 8 heteroatoms. The van der Waals surface area contributed by atoms with Gasteiger partial charge in [0.1, 0.15) is 24.0 Å². The third-order valence-electron chi connectivity index (χ3n) is 3.03. The number of aliphatic hydroxyl groups excluding tert-OH is 3. The molecule has 2 rings (SSSR count). The summed E-state index contributed by atoms with van der Waals surface area (Å²) in [5, 5.41) is 32.2. The first-order valence-corrected chi connectivity index (χ1v) is 6.05. The van der Waals surface area contributed by atoms with Gasteiger partial charge in [-0.3, -0.25) is 0 Å². The standard InChI is InChI=1S/C12H15N3O5/c13-15-14-9-11(18)10(17)8(6-16)20-12(9)19-7-4-2-1-3-5-7/h1-5,8-12,16-18H,6H2/t8-,9-,10+,11-,12+/m1/s1. The lowest BCUT2D eigenvalue weighted by atomic mass is 9.98. The van der Waals surface area contributed by atoms with Crippen LogP contribution in [0.2, 0.25) is 0 Å². The average molecular weight is 281 g/mol. The van der Waals surface area contributed by atoms with Crippen molar-refractivity contribution < 1.29 is 24.8 Å². The highest BCUT2D eigenvalue weighted by Gasteiger charge is 2.45. The number of benzene rings is 1. The molecule has 0 aliphatic carbocycles. The molecule has 0 bridgehead atoms. The smallest absolute Gasteiger partial charge is 0.211 e. The fraction of sp³-hybridized carbons (Fsp3) is 0.500. The maximum Gasteiger partial charge on any atom is 0.211 e. The van der Waals surface area contributed by atoms with E-state index in [-0.39, 0.29) is 0 Å². The zero-order valence-corrected chi connectivity index (χ0v) is 10.5. The van der Waals surface area contributed by atoms with Gasteiger partial charge < -0.3 is 24.8 Å². The molecule has 1 aliphatic rings. The first kappa shape index (κ1) is 14.6. The van der Waals surface area contributed by atoms with E-state index in [4.69, 9.17) is 20.1 Å². The van der Waals surface area contributed by atoms with Gasteiger partial charge in [-0.1, -0.05) is 23.3 Å². The Morgan fingerprint density at radius 3 is 2.55 bits per heavy atom. The minimum atomic E-state index is -1.38. The van der Waals surface area contributed by atoms with Gasteiger partial charge in [-0.05, 0) is 17.7 Å². The zero-order chi connectivity index (χ0) is 14.5. The fourth-order valence-electron chi connectivity index (χ4n) is 1.98. The highest BCUT2D eigenvalue weighted by molar-refractivity contribution is 5.21. The topological polar surface area (TPSA) is 128 Å². The first-order chi connectivity index (χ1) is 9.67. The summed E-state index contributed by atoms with van der Waals surface area (Å²) in [5.41, 5.74) is 8.53. The predicted octanol–water partition coefficient (Wildman–Crippen LogP) is 0.183. The van der Waals surface area contributed by atoms with E-state index in [1.54, 1.807) is 30.3 Å². The minimum Gasteiger partial charge on any atom is -0.464 e. The van der Waals surface area contributed by atoms with Crippen molar-refractivity contribution in [2.45, 2.75) is 30.6 Å². The van der Waals surface area contributed by atoms with Crippen LogP contribution >= 0.6 is 0 Å². The number of nitrogens with zero attached hydrogens (tertiary/aromatic N) is 3. The summed E-state index contributed by atoms with van der Waals surface area (Å²) in [6.07, 6.45) is -4.84. The van der Waals surface area contributed by atoms with Crippen LogP contribution < -0.4 is 4.74 Å². The van der Waals surface area contributed by atoms with Crippen molar-refractivity contribution in [1.82, 2.24) is 0 Å². The van der Waals surface area contributed by atoms with Crippen LogP contribution in [-0.4, -0.2) is 52.6 Å². The Balaban J connectivity index is 2.20. The first-order valence-electron chi connectivity index (χ1n) is 6.05. The number of ether oxygens (including phenoxy) is 2. The molecule has 1 fully saturated rings. The summed E-state index contributed by atoms with van der Waals surface area (Å²) in [7, 11) is 0. The molecule has 5 atom stereocenters. The Labute approximate surface area is 114 Å². The lowest BCUT2D eigenvalue weighted by molar-refractivity contribution is -0.239. The second-order valence-electron chi connectivity index (χ2n) is 4.33. The number of para-hydroxylation sites is 1. The maximum absolute atomic E-state index is 9.93. The number of hydrogen-bond donors (Lipinski definition) is 3. The Kier molecular flexibility index (Phi) is 4.78. The van der Waals surface area contributed by atoms with Crippen molar-refractivity contribution >= 4 is 0 Å². The summed E-state index contributed by atoms with van der Waals surface area (Å²) in [4.78, 5) is 2.62. The molecule has 1 aromatic carbocycles. The van der Waals surface area contributed by atoms with Crippen LogP contribution in [0, 0.1) is 0 Å². The normalized spacial score (nSPS) is 33.2. The summed E-state index contributed by atoms with van der Waals surface area (Å²) in [5.74, 6) is 0.455. The molecule has 1 saturated heterocycles. The molecule has 3 N–H and O–H groups in total. The molecule has 0 saturated carbocycles. The molecular formula is C12H15N3O5. The van der Waals surface area contributed by atoms with E-state index >= 15 is 0 Å². The van der Waals surface area contributed by atoms with Crippen molar-refractivity contribution in [3.05, 3.63) is 40.8 Å². The maximum atomic E-state index is 9.93. The van der Waals surface area contributed by atoms with E-state index in [1.165, 1.54) is 0 Å². The molecule has 0 spiro atoms. The largest absolute Gasteiger partial charge is 0.464 e. The molecule has 20 heavy (non-hydrogen) atoms. The minimum absolute atomic E-state index is 0.455. The van der Waals surface area contributed by atoms with Crippen molar-refractivity contribution in [3.63, 3.8) is 0 Å². The van der Waals surface area contributed by atoms with Gasteiger partial charge in [-0.15, -0.1) is 0 Å². The molecule has 8 nitrogen and oxygen atoms in total. The van der Waals surface area contributed by atoms with Gasteiger partial charge in [0.15, 0.2) is 0 Å². The second-order valence-corrected chi connectivity index (χ2v) is 4.33. The van der Waals surface area contributed by atoms with Crippen LogP contribution in [0.3, 0.4) is 0 Å². The van der Waals surface area contributed by atoms with Crippen molar-refractivity contribution in [2.24, 2.45) is 5.11 Å². The Morgan fingerprint density at radius 2 is 1.95 bits per heavy atom. The zero-order valence-electron chi connectivity index (χ0n) is 10.5. The van der Waals surface area contributed by atoms with E-state index in [1.807, 2.05) is 0 Å². The van der Waals surface area contributed by atoms with Crippen molar-refractivity contribution in [2.75, 3.05) is 6.61 Å². The van der Waals surface area contributed by atoms with Gasteiger partial charge in [-0.25, -0.2) is 0 Å². The van der Waals surface area contributed by atoms with Crippen LogP contribution in [0.15, 0.2) is 35.4 Å². The Morgan fingerprint density at radius 1 is 1.25 bits per heavy atom. The summed E-state index contributed by atoms with van der Waals surface area (Å²) in [6.45, 7) is -0.490. The van der Waals surface area contributed by atoms with E-state index in [9.17, 15) is 10.2 Å². The van der Waals surface area contributed by atoms with Crippen LogP contribution in [0.5, 0.6) is 5.75 Å². The van der Waals surface area contributed by atoms with Gasteiger partial charge in [0.05, 0.1) is 12.7 Å². The summed E-state index contributed by atoms with van der Waals surface area (Å²) < 4.78 is 10.8. The Bertz CT molecular complexity index is 479.